The lowest BCUT2D eigenvalue weighted by Gasteiger charge is -2.15. The Hall–Kier alpha value is 1.52. The first kappa shape index (κ1) is 21.6. The van der Waals surface area contributed by atoms with Crippen LogP contribution in [0.15, 0.2) is 12.7 Å². The molecule has 0 atom stereocenters. The van der Waals surface area contributed by atoms with Gasteiger partial charge in [-0.3, -0.25) is 0 Å². The number of rotatable bonds is 5. The van der Waals surface area contributed by atoms with E-state index in [2.05, 4.69) is 125 Å². The van der Waals surface area contributed by atoms with Gasteiger partial charge < -0.3 is 14.3 Å². The molecule has 2 aromatic rings. The molecule has 0 spiro atoms. The van der Waals surface area contributed by atoms with Gasteiger partial charge in [0.1, 0.15) is 21.5 Å². The molecule has 0 unspecified atom stereocenters. The monoisotopic (exact) mass is 770 g/mol. The Morgan fingerprint density at radius 3 is 2.18 bits per heavy atom. The zero-order chi connectivity index (χ0) is 16.8. The van der Waals surface area contributed by atoms with Crippen molar-refractivity contribution in [2.45, 2.75) is 32.4 Å². The standard InChI is InChI=1S/C9H16I2N2OSi.C3H2I2N2/c1-15(2,3)5-4-14-7-13-6-12-8(10)9(13)11;4-2-3(5)7-1-6-2/h6H,4-5,7H2,1-3H3;1H,(H,6,7). The van der Waals surface area contributed by atoms with Crippen LogP contribution in [0.5, 0.6) is 0 Å². The summed E-state index contributed by atoms with van der Waals surface area (Å²) in [6.45, 7) is 8.57. The number of nitrogens with zero attached hydrogens (tertiary/aromatic N) is 3. The van der Waals surface area contributed by atoms with E-state index >= 15 is 0 Å². The van der Waals surface area contributed by atoms with Crippen LogP contribution in [-0.4, -0.2) is 34.2 Å². The molecule has 2 aromatic heterocycles. The number of H-pyrrole nitrogens is 1. The van der Waals surface area contributed by atoms with Crippen molar-refractivity contribution in [2.75, 3.05) is 6.61 Å². The van der Waals surface area contributed by atoms with Crippen LogP contribution in [-0.2, 0) is 11.5 Å². The third-order valence-electron chi connectivity index (χ3n) is 2.51. The zero-order valence-corrected chi connectivity index (χ0v) is 22.2. The molecule has 22 heavy (non-hydrogen) atoms. The van der Waals surface area contributed by atoms with E-state index in [1.807, 2.05) is 10.9 Å². The van der Waals surface area contributed by atoms with E-state index in [1.54, 1.807) is 6.33 Å². The fraction of sp³-hybridized carbons (Fsp3) is 0.500. The Kier molecular flexibility index (Phi) is 10.3. The number of hydrogen-bond acceptors (Lipinski definition) is 3. The summed E-state index contributed by atoms with van der Waals surface area (Å²) in [6.07, 6.45) is 3.52. The second-order valence-electron chi connectivity index (χ2n) is 5.65. The quantitative estimate of drug-likeness (QED) is 0.264. The summed E-state index contributed by atoms with van der Waals surface area (Å²) < 4.78 is 12.0. The first-order chi connectivity index (χ1) is 10.2. The summed E-state index contributed by atoms with van der Waals surface area (Å²) in [5.74, 6) is 0. The molecule has 0 aliphatic rings. The Morgan fingerprint density at radius 2 is 1.82 bits per heavy atom. The number of aromatic nitrogens is 4. The largest absolute Gasteiger partial charge is 0.361 e. The van der Waals surface area contributed by atoms with E-state index in [0.717, 1.165) is 21.4 Å². The van der Waals surface area contributed by atoms with Gasteiger partial charge in [0.25, 0.3) is 0 Å². The topological polar surface area (TPSA) is 55.7 Å². The molecular weight excluding hydrogens is 752 g/mol. The van der Waals surface area contributed by atoms with Gasteiger partial charge in [0.2, 0.25) is 0 Å². The molecule has 0 fully saturated rings. The van der Waals surface area contributed by atoms with Crippen molar-refractivity contribution in [3.05, 3.63) is 27.5 Å². The third-order valence-corrected chi connectivity index (χ3v) is 9.84. The Labute approximate surface area is 186 Å². The van der Waals surface area contributed by atoms with E-state index in [4.69, 9.17) is 4.74 Å². The Bertz CT molecular complexity index is 565. The molecule has 0 aliphatic heterocycles. The van der Waals surface area contributed by atoms with E-state index in [9.17, 15) is 0 Å². The van der Waals surface area contributed by atoms with Crippen LogP contribution in [0.4, 0.5) is 0 Å². The number of halogens is 4. The summed E-state index contributed by atoms with van der Waals surface area (Å²) in [4.78, 5) is 11.1. The van der Waals surface area contributed by atoms with Crippen LogP contribution in [0.3, 0.4) is 0 Å². The molecule has 0 saturated carbocycles. The highest BCUT2D eigenvalue weighted by Crippen LogP contribution is 2.13. The van der Waals surface area contributed by atoms with Gasteiger partial charge in [0.15, 0.2) is 0 Å². The molecule has 0 aromatic carbocycles. The van der Waals surface area contributed by atoms with Crippen LogP contribution < -0.4 is 0 Å². The number of imidazole rings is 2. The lowest BCUT2D eigenvalue weighted by Crippen LogP contribution is -2.22. The summed E-state index contributed by atoms with van der Waals surface area (Å²) in [7, 11) is -0.957. The van der Waals surface area contributed by atoms with E-state index in [-0.39, 0.29) is 0 Å². The molecular formula is C12H18I4N4OSi. The molecule has 0 bridgehead atoms. The van der Waals surface area contributed by atoms with Crippen molar-refractivity contribution in [3.8, 4) is 0 Å². The van der Waals surface area contributed by atoms with Gasteiger partial charge in [0, 0.05) is 14.7 Å². The van der Waals surface area contributed by atoms with Crippen molar-refractivity contribution in [1.29, 1.82) is 0 Å². The van der Waals surface area contributed by atoms with Crippen molar-refractivity contribution in [2.24, 2.45) is 0 Å². The van der Waals surface area contributed by atoms with Crippen LogP contribution in [0.1, 0.15) is 0 Å². The highest BCUT2D eigenvalue weighted by Gasteiger charge is 2.12. The van der Waals surface area contributed by atoms with Gasteiger partial charge in [-0.15, -0.1) is 0 Å². The highest BCUT2D eigenvalue weighted by atomic mass is 127. The molecule has 5 nitrogen and oxygen atoms in total. The van der Waals surface area contributed by atoms with Gasteiger partial charge in [-0.05, 0) is 96.4 Å². The Morgan fingerprint density at radius 1 is 1.14 bits per heavy atom. The molecule has 2 rings (SSSR count). The van der Waals surface area contributed by atoms with E-state index in [1.165, 1.54) is 6.04 Å². The predicted molar refractivity (Wildman–Crippen MR) is 126 cm³/mol. The van der Waals surface area contributed by atoms with Crippen LogP contribution >= 0.6 is 90.4 Å². The fourth-order valence-electron chi connectivity index (χ4n) is 1.24. The van der Waals surface area contributed by atoms with Gasteiger partial charge >= 0.3 is 0 Å². The van der Waals surface area contributed by atoms with Crippen molar-refractivity contribution in [3.63, 3.8) is 0 Å². The van der Waals surface area contributed by atoms with E-state index < -0.39 is 8.07 Å². The maximum atomic E-state index is 5.64. The summed E-state index contributed by atoms with van der Waals surface area (Å²) in [5.41, 5.74) is 0. The summed E-state index contributed by atoms with van der Waals surface area (Å²) in [6, 6.07) is 1.22. The minimum Gasteiger partial charge on any atom is -0.361 e. The van der Waals surface area contributed by atoms with Gasteiger partial charge in [-0.1, -0.05) is 19.6 Å². The molecule has 0 saturated heterocycles. The maximum absolute atomic E-state index is 5.64. The summed E-state index contributed by atoms with van der Waals surface area (Å²) in [5, 5.41) is 0. The van der Waals surface area contributed by atoms with Crippen LogP contribution in [0.2, 0.25) is 25.7 Å². The second-order valence-corrected chi connectivity index (χ2v) is 15.4. The lowest BCUT2D eigenvalue weighted by atomic mass is 10.8. The van der Waals surface area contributed by atoms with Crippen molar-refractivity contribution < 1.29 is 4.74 Å². The lowest BCUT2D eigenvalue weighted by molar-refractivity contribution is 0.0855. The third kappa shape index (κ3) is 8.57. The van der Waals surface area contributed by atoms with E-state index in [0.29, 0.717) is 6.73 Å². The average molecular weight is 770 g/mol. The number of nitrogens with one attached hydrogen (secondary N) is 1. The maximum Gasteiger partial charge on any atom is 0.133 e. The zero-order valence-electron chi connectivity index (χ0n) is 12.5. The molecule has 0 amide bonds. The summed E-state index contributed by atoms with van der Waals surface area (Å²) >= 11 is 8.88. The smallest absolute Gasteiger partial charge is 0.133 e. The van der Waals surface area contributed by atoms with Gasteiger partial charge in [-0.25, -0.2) is 9.97 Å². The predicted octanol–water partition coefficient (Wildman–Crippen LogP) is 5.02. The first-order valence-electron chi connectivity index (χ1n) is 6.49. The average Bonchev–Trinajstić information content (AvgIpc) is 2.94. The van der Waals surface area contributed by atoms with Crippen molar-refractivity contribution in [1.82, 2.24) is 19.5 Å². The molecule has 2 heterocycles. The van der Waals surface area contributed by atoms with Crippen LogP contribution in [0, 0.1) is 14.8 Å². The number of aromatic amines is 1. The Balaban J connectivity index is 0.000000287. The number of hydrogen-bond donors (Lipinski definition) is 1. The fourth-order valence-corrected chi connectivity index (χ4v) is 3.40. The van der Waals surface area contributed by atoms with Crippen molar-refractivity contribution >= 4 is 98.4 Å². The normalized spacial score (nSPS) is 11.2. The molecule has 0 radical (unpaired) electrons. The number of ether oxygens (including phenoxy) is 1. The first-order valence-corrected chi connectivity index (χ1v) is 14.5. The minimum atomic E-state index is -0.957. The van der Waals surface area contributed by atoms with Crippen LogP contribution in [0.25, 0.3) is 0 Å². The molecule has 1 N–H and O–H groups in total. The second kappa shape index (κ2) is 10.5. The SMILES string of the molecule is C[Si](C)(C)CCOCn1cnc(I)c1I.Ic1nc[nH]c1I. The molecule has 10 heteroatoms. The highest BCUT2D eigenvalue weighted by molar-refractivity contribution is 14.1. The van der Waals surface area contributed by atoms with Gasteiger partial charge in [-0.2, -0.15) is 0 Å². The molecule has 124 valence electrons. The minimum absolute atomic E-state index is 0.624. The van der Waals surface area contributed by atoms with Gasteiger partial charge in [0.05, 0.1) is 12.7 Å². The molecule has 0 aliphatic carbocycles.